The Morgan fingerprint density at radius 3 is 2.47 bits per heavy atom. The molecule has 0 bridgehead atoms. The van der Waals surface area contributed by atoms with E-state index < -0.39 is 0 Å². The van der Waals surface area contributed by atoms with Gasteiger partial charge in [0.05, 0.1) is 18.8 Å². The topological polar surface area (TPSA) is 93.4 Å². The van der Waals surface area contributed by atoms with Gasteiger partial charge in [0, 0.05) is 24.8 Å². The summed E-state index contributed by atoms with van der Waals surface area (Å²) in [6.07, 6.45) is 3.14. The van der Waals surface area contributed by atoms with E-state index in [9.17, 15) is 9.90 Å². The van der Waals surface area contributed by atoms with E-state index in [1.807, 2.05) is 24.3 Å². The molecule has 2 aromatic heterocycles. The Bertz CT molecular complexity index is 1330. The van der Waals surface area contributed by atoms with Crippen LogP contribution in [0.5, 0.6) is 5.75 Å². The Kier molecular flexibility index (Phi) is 6.77. The summed E-state index contributed by atoms with van der Waals surface area (Å²) in [4.78, 5) is 23.4. The number of carbonyl (C=O) groups excluding carboxylic acids is 1. The van der Waals surface area contributed by atoms with E-state index in [2.05, 4.69) is 48.1 Å². The number of aromatic nitrogens is 4. The highest BCUT2D eigenvalue weighted by atomic mass is 16.5. The van der Waals surface area contributed by atoms with Gasteiger partial charge in [-0.1, -0.05) is 50.2 Å². The van der Waals surface area contributed by atoms with Gasteiger partial charge in [-0.2, -0.15) is 5.10 Å². The molecule has 1 amide bonds. The molecule has 0 fully saturated rings. The van der Waals surface area contributed by atoms with Gasteiger partial charge in [-0.05, 0) is 40.8 Å². The molecule has 3 heterocycles. The predicted octanol–water partition coefficient (Wildman–Crippen LogP) is 4.16. The number of hydrogen-bond donors (Lipinski definition) is 1. The second-order valence-electron chi connectivity index (χ2n) is 9.12. The number of ether oxygens (including phenoxy) is 1. The minimum atomic E-state index is -0.150. The number of fused-ring (bicyclic) bond motifs is 1. The summed E-state index contributed by atoms with van der Waals surface area (Å²) >= 11 is 0. The number of aliphatic hydroxyl groups is 1. The van der Waals surface area contributed by atoms with Gasteiger partial charge in [0.25, 0.3) is 5.91 Å². The van der Waals surface area contributed by atoms with Crippen molar-refractivity contribution in [2.75, 3.05) is 19.7 Å². The number of amides is 1. The largest absolute Gasteiger partial charge is 0.489 e. The first-order valence-electron chi connectivity index (χ1n) is 12.1. The van der Waals surface area contributed by atoms with Crippen LogP contribution in [0.25, 0.3) is 22.5 Å². The van der Waals surface area contributed by atoms with Crippen LogP contribution in [0.2, 0.25) is 0 Å². The van der Waals surface area contributed by atoms with Gasteiger partial charge in [0.1, 0.15) is 30.1 Å². The van der Waals surface area contributed by atoms with Gasteiger partial charge in [0.15, 0.2) is 0 Å². The van der Waals surface area contributed by atoms with Gasteiger partial charge < -0.3 is 14.7 Å². The number of hydrogen-bond acceptors (Lipinski definition) is 6. The summed E-state index contributed by atoms with van der Waals surface area (Å²) in [5, 5.41) is 14.2. The summed E-state index contributed by atoms with van der Waals surface area (Å²) in [6.45, 7) is 6.09. The van der Waals surface area contributed by atoms with Gasteiger partial charge in [-0.15, -0.1) is 0 Å². The van der Waals surface area contributed by atoms with Crippen molar-refractivity contribution in [2.45, 2.75) is 32.9 Å². The predicted molar refractivity (Wildman–Crippen MR) is 137 cm³/mol. The molecule has 0 radical (unpaired) electrons. The Morgan fingerprint density at radius 2 is 1.81 bits per heavy atom. The second-order valence-corrected chi connectivity index (χ2v) is 9.12. The van der Waals surface area contributed by atoms with Gasteiger partial charge >= 0.3 is 0 Å². The molecule has 2 aromatic carbocycles. The van der Waals surface area contributed by atoms with Crippen molar-refractivity contribution in [2.24, 2.45) is 0 Å². The molecule has 184 valence electrons. The van der Waals surface area contributed by atoms with Crippen molar-refractivity contribution in [3.8, 4) is 28.3 Å². The van der Waals surface area contributed by atoms with Crippen LogP contribution in [0.15, 0.2) is 67.1 Å². The van der Waals surface area contributed by atoms with Crippen LogP contribution in [0, 0.1) is 0 Å². The van der Waals surface area contributed by atoms with E-state index in [0.717, 1.165) is 22.4 Å². The summed E-state index contributed by atoms with van der Waals surface area (Å²) in [6, 6.07) is 18.0. The van der Waals surface area contributed by atoms with Crippen LogP contribution >= 0.6 is 0 Å². The lowest BCUT2D eigenvalue weighted by molar-refractivity contribution is 0.0662. The second kappa shape index (κ2) is 10.3. The third-order valence-corrected chi connectivity index (χ3v) is 6.41. The highest BCUT2D eigenvalue weighted by Gasteiger charge is 2.32. The Morgan fingerprint density at radius 1 is 1.03 bits per heavy atom. The third kappa shape index (κ3) is 4.72. The average Bonchev–Trinajstić information content (AvgIpc) is 3.31. The monoisotopic (exact) mass is 483 g/mol. The van der Waals surface area contributed by atoms with Crippen LogP contribution in [-0.2, 0) is 13.2 Å². The highest BCUT2D eigenvalue weighted by Crippen LogP contribution is 2.36. The quantitative estimate of drug-likeness (QED) is 0.405. The van der Waals surface area contributed by atoms with Gasteiger partial charge in [-0.25, -0.2) is 9.97 Å². The fraction of sp³-hybridized carbons (Fsp3) is 0.286. The number of rotatable bonds is 8. The Hall–Kier alpha value is -4.04. The van der Waals surface area contributed by atoms with Crippen molar-refractivity contribution in [1.82, 2.24) is 24.6 Å². The first-order valence-corrected chi connectivity index (χ1v) is 12.1. The lowest BCUT2D eigenvalue weighted by Gasteiger charge is -2.27. The van der Waals surface area contributed by atoms with E-state index in [1.165, 1.54) is 11.9 Å². The minimum absolute atomic E-state index is 0.0831. The van der Waals surface area contributed by atoms with E-state index in [-0.39, 0.29) is 19.1 Å². The summed E-state index contributed by atoms with van der Waals surface area (Å²) in [7, 11) is 0. The molecule has 1 aliphatic heterocycles. The van der Waals surface area contributed by atoms with E-state index >= 15 is 0 Å². The van der Waals surface area contributed by atoms with Crippen LogP contribution in [0.3, 0.4) is 0 Å². The minimum Gasteiger partial charge on any atom is -0.489 e. The van der Waals surface area contributed by atoms with E-state index in [1.54, 1.807) is 21.8 Å². The van der Waals surface area contributed by atoms with E-state index in [0.29, 0.717) is 42.7 Å². The molecule has 4 aromatic rings. The number of nitrogens with zero attached hydrogens (tertiary/aromatic N) is 5. The average molecular weight is 484 g/mol. The fourth-order valence-electron chi connectivity index (χ4n) is 4.41. The number of aliphatic hydroxyl groups excluding tert-OH is 1. The first kappa shape index (κ1) is 23.7. The maximum Gasteiger partial charge on any atom is 0.272 e. The SMILES string of the molecule is CC(C)c1ccc(COc2ccc(-c3c(-c4ccncn4)nn4c3C(=O)N(CCO)CC4)cc2)cc1. The molecule has 8 heteroatoms. The first-order chi connectivity index (χ1) is 17.5. The molecular formula is C28H29N5O3. The van der Waals surface area contributed by atoms with Crippen LogP contribution in [-0.4, -0.2) is 55.4 Å². The normalized spacial score (nSPS) is 13.2. The van der Waals surface area contributed by atoms with Crippen molar-refractivity contribution < 1.29 is 14.6 Å². The van der Waals surface area contributed by atoms with Crippen molar-refractivity contribution in [1.29, 1.82) is 0 Å². The Labute approximate surface area is 210 Å². The molecule has 8 nitrogen and oxygen atoms in total. The molecule has 1 aliphatic rings. The number of β-amino-alcohol motifs (C(OH)–C–C–N with tert-alkyl or cyclic N) is 1. The zero-order valence-corrected chi connectivity index (χ0v) is 20.5. The molecule has 1 N–H and O–H groups in total. The third-order valence-electron chi connectivity index (χ3n) is 6.41. The molecule has 0 saturated heterocycles. The zero-order chi connectivity index (χ0) is 25.1. The smallest absolute Gasteiger partial charge is 0.272 e. The van der Waals surface area contributed by atoms with Gasteiger partial charge in [-0.3, -0.25) is 9.48 Å². The lowest BCUT2D eigenvalue weighted by atomic mass is 9.99. The number of carbonyl (C=O) groups is 1. The van der Waals surface area contributed by atoms with E-state index in [4.69, 9.17) is 9.84 Å². The zero-order valence-electron chi connectivity index (χ0n) is 20.5. The Balaban J connectivity index is 1.44. The molecule has 0 unspecified atom stereocenters. The van der Waals surface area contributed by atoms with Crippen molar-refractivity contribution in [3.05, 3.63) is 83.9 Å². The molecule has 0 spiro atoms. The standard InChI is InChI=1S/C28H29N5O3/c1-19(2)21-5-3-20(4-6-21)17-36-23-9-7-22(8-10-23)25-26(24-11-12-29-18-30-24)31-33-14-13-32(15-16-34)28(35)27(25)33/h3-12,18-19,34H,13-17H2,1-2H3. The molecule has 36 heavy (non-hydrogen) atoms. The number of benzene rings is 2. The van der Waals surface area contributed by atoms with Crippen molar-refractivity contribution in [3.63, 3.8) is 0 Å². The molecular weight excluding hydrogens is 454 g/mol. The molecule has 0 saturated carbocycles. The van der Waals surface area contributed by atoms with Crippen LogP contribution in [0.4, 0.5) is 0 Å². The fourth-order valence-corrected chi connectivity index (χ4v) is 4.41. The van der Waals surface area contributed by atoms with Gasteiger partial charge in [0.2, 0.25) is 0 Å². The maximum atomic E-state index is 13.3. The van der Waals surface area contributed by atoms with Crippen LogP contribution in [0.1, 0.15) is 41.4 Å². The maximum absolute atomic E-state index is 13.3. The summed E-state index contributed by atoms with van der Waals surface area (Å²) in [5.74, 6) is 1.09. The lowest BCUT2D eigenvalue weighted by Crippen LogP contribution is -2.42. The summed E-state index contributed by atoms with van der Waals surface area (Å²) < 4.78 is 7.76. The summed E-state index contributed by atoms with van der Waals surface area (Å²) in [5.41, 5.74) is 5.75. The highest BCUT2D eigenvalue weighted by molar-refractivity contribution is 6.03. The molecule has 5 rings (SSSR count). The molecule has 0 aliphatic carbocycles. The van der Waals surface area contributed by atoms with Crippen molar-refractivity contribution >= 4 is 5.91 Å². The van der Waals surface area contributed by atoms with Crippen LogP contribution < -0.4 is 4.74 Å². The molecule has 0 atom stereocenters.